The van der Waals surface area contributed by atoms with Gasteiger partial charge in [0.25, 0.3) is 0 Å². The van der Waals surface area contributed by atoms with Crippen molar-refractivity contribution in [2.45, 2.75) is 32.1 Å². The topological polar surface area (TPSA) is 42.4 Å². The van der Waals surface area contributed by atoms with E-state index in [1.807, 2.05) is 13.1 Å². The highest BCUT2D eigenvalue weighted by atomic mass is 32.1. The maximum Gasteiger partial charge on any atom is 0.0931 e. The van der Waals surface area contributed by atoms with E-state index in [1.54, 1.807) is 11.3 Å². The van der Waals surface area contributed by atoms with Crippen LogP contribution in [0.3, 0.4) is 0 Å². The molecule has 16 heavy (non-hydrogen) atoms. The lowest BCUT2D eigenvalue weighted by atomic mass is 9.99. The second kappa shape index (κ2) is 5.75. The highest BCUT2D eigenvalue weighted by Gasteiger charge is 2.17. The van der Waals surface area contributed by atoms with E-state index in [-0.39, 0.29) is 12.5 Å². The van der Waals surface area contributed by atoms with Gasteiger partial charge in [0, 0.05) is 36.6 Å². The number of hydrogen-bond donors (Lipinski definition) is 1. The van der Waals surface area contributed by atoms with Gasteiger partial charge in [-0.3, -0.25) is 0 Å². The van der Waals surface area contributed by atoms with Crippen molar-refractivity contribution in [2.75, 3.05) is 19.8 Å². The van der Waals surface area contributed by atoms with Crippen molar-refractivity contribution in [3.8, 4) is 0 Å². The van der Waals surface area contributed by atoms with Crippen LogP contribution in [0.2, 0.25) is 0 Å². The first kappa shape index (κ1) is 12.0. The Labute approximate surface area is 100 Å². The smallest absolute Gasteiger partial charge is 0.0931 e. The number of rotatable bonds is 4. The summed E-state index contributed by atoms with van der Waals surface area (Å²) in [6.07, 6.45) is 5.37. The van der Waals surface area contributed by atoms with Gasteiger partial charge in [-0.05, 0) is 18.8 Å². The number of aliphatic hydroxyl groups excluding tert-OH is 1. The van der Waals surface area contributed by atoms with Crippen molar-refractivity contribution < 1.29 is 9.84 Å². The van der Waals surface area contributed by atoms with E-state index in [2.05, 4.69) is 4.98 Å². The second-order valence-corrected chi connectivity index (χ2v) is 5.67. The molecule has 0 bridgehead atoms. The molecule has 1 saturated heterocycles. The summed E-state index contributed by atoms with van der Waals surface area (Å²) in [5.74, 6) is 0.853. The fourth-order valence-electron chi connectivity index (χ4n) is 1.95. The van der Waals surface area contributed by atoms with Crippen LogP contribution in [0.4, 0.5) is 0 Å². The van der Waals surface area contributed by atoms with Gasteiger partial charge in [0.1, 0.15) is 0 Å². The first-order valence-electron chi connectivity index (χ1n) is 5.92. The Balaban J connectivity index is 1.91. The summed E-state index contributed by atoms with van der Waals surface area (Å²) in [7, 11) is 0. The fourth-order valence-corrected chi connectivity index (χ4v) is 3.03. The molecule has 1 aromatic heterocycles. The normalized spacial score (nSPS) is 23.2. The van der Waals surface area contributed by atoms with E-state index in [0.29, 0.717) is 5.92 Å². The van der Waals surface area contributed by atoms with E-state index in [0.717, 1.165) is 19.6 Å². The minimum absolute atomic E-state index is 0.203. The van der Waals surface area contributed by atoms with Crippen molar-refractivity contribution in [1.29, 1.82) is 0 Å². The van der Waals surface area contributed by atoms with E-state index in [1.165, 1.54) is 22.7 Å². The fraction of sp³-hybridized carbons (Fsp3) is 0.750. The maximum absolute atomic E-state index is 9.08. The van der Waals surface area contributed by atoms with Gasteiger partial charge in [-0.15, -0.1) is 11.3 Å². The highest BCUT2D eigenvalue weighted by molar-refractivity contribution is 7.11. The van der Waals surface area contributed by atoms with Crippen LogP contribution in [0.5, 0.6) is 0 Å². The summed E-state index contributed by atoms with van der Waals surface area (Å²) in [5, 5.41) is 10.3. The Bertz CT molecular complexity index is 321. The summed E-state index contributed by atoms with van der Waals surface area (Å²) < 4.78 is 5.47. The maximum atomic E-state index is 9.08. The predicted octanol–water partition coefficient (Wildman–Crippen LogP) is 2.21. The van der Waals surface area contributed by atoms with Gasteiger partial charge in [-0.25, -0.2) is 4.98 Å². The van der Waals surface area contributed by atoms with E-state index in [9.17, 15) is 0 Å². The molecule has 0 saturated carbocycles. The summed E-state index contributed by atoms with van der Waals surface area (Å²) in [6, 6.07) is 0. The van der Waals surface area contributed by atoms with E-state index < -0.39 is 0 Å². The van der Waals surface area contributed by atoms with Gasteiger partial charge in [0.2, 0.25) is 0 Å². The molecule has 0 radical (unpaired) electrons. The Hall–Kier alpha value is -0.450. The van der Waals surface area contributed by atoms with Crippen LogP contribution in [0.1, 0.15) is 35.6 Å². The molecule has 1 aromatic rings. The van der Waals surface area contributed by atoms with Gasteiger partial charge in [0.15, 0.2) is 0 Å². The lowest BCUT2D eigenvalue weighted by Gasteiger charge is -2.20. The molecule has 1 aliphatic heterocycles. The first-order valence-corrected chi connectivity index (χ1v) is 6.74. The van der Waals surface area contributed by atoms with Crippen molar-refractivity contribution in [3.05, 3.63) is 16.1 Å². The van der Waals surface area contributed by atoms with Gasteiger partial charge >= 0.3 is 0 Å². The molecule has 0 spiro atoms. The summed E-state index contributed by atoms with van der Waals surface area (Å²) in [4.78, 5) is 5.62. The van der Waals surface area contributed by atoms with Crippen LogP contribution in [0.15, 0.2) is 6.20 Å². The zero-order valence-electron chi connectivity index (χ0n) is 9.69. The number of aromatic nitrogens is 1. The third-order valence-electron chi connectivity index (χ3n) is 3.05. The van der Waals surface area contributed by atoms with Crippen molar-refractivity contribution >= 4 is 11.3 Å². The quantitative estimate of drug-likeness (QED) is 0.879. The van der Waals surface area contributed by atoms with Crippen LogP contribution in [-0.2, 0) is 11.2 Å². The minimum Gasteiger partial charge on any atom is -0.396 e. The number of ether oxygens (including phenoxy) is 1. The third-order valence-corrected chi connectivity index (χ3v) is 4.30. The molecule has 1 aliphatic rings. The zero-order chi connectivity index (χ0) is 11.4. The SMILES string of the molecule is CC(CO)c1cnc(CC2CCCOC2)s1. The standard InChI is InChI=1S/C12H19NO2S/c1-9(7-14)11-6-13-12(16-11)5-10-3-2-4-15-8-10/h6,9-10,14H,2-5,7-8H2,1H3. The van der Waals surface area contributed by atoms with Gasteiger partial charge in [-0.2, -0.15) is 0 Å². The minimum atomic E-state index is 0.203. The van der Waals surface area contributed by atoms with Crippen LogP contribution < -0.4 is 0 Å². The van der Waals surface area contributed by atoms with Crippen LogP contribution in [-0.4, -0.2) is 29.9 Å². The molecule has 0 aliphatic carbocycles. The molecule has 2 heterocycles. The molecule has 90 valence electrons. The van der Waals surface area contributed by atoms with Crippen molar-refractivity contribution in [2.24, 2.45) is 5.92 Å². The average molecular weight is 241 g/mol. The first-order chi connectivity index (χ1) is 7.79. The van der Waals surface area contributed by atoms with Crippen molar-refractivity contribution in [3.63, 3.8) is 0 Å². The van der Waals surface area contributed by atoms with E-state index >= 15 is 0 Å². The number of hydrogen-bond acceptors (Lipinski definition) is 4. The largest absolute Gasteiger partial charge is 0.396 e. The number of thiazole rings is 1. The van der Waals surface area contributed by atoms with Crippen LogP contribution >= 0.6 is 11.3 Å². The molecule has 2 unspecified atom stereocenters. The molecule has 0 amide bonds. The molecular weight excluding hydrogens is 222 g/mol. The van der Waals surface area contributed by atoms with E-state index in [4.69, 9.17) is 9.84 Å². The molecule has 1 fully saturated rings. The molecule has 0 aromatic carbocycles. The lowest BCUT2D eigenvalue weighted by molar-refractivity contribution is 0.0550. The van der Waals surface area contributed by atoms with Crippen molar-refractivity contribution in [1.82, 2.24) is 4.98 Å². The van der Waals surface area contributed by atoms with Gasteiger partial charge in [0.05, 0.1) is 11.6 Å². The third kappa shape index (κ3) is 3.03. The highest BCUT2D eigenvalue weighted by Crippen LogP contribution is 2.26. The monoisotopic (exact) mass is 241 g/mol. The summed E-state index contributed by atoms with van der Waals surface area (Å²) in [5.41, 5.74) is 0. The molecule has 4 heteroatoms. The van der Waals surface area contributed by atoms with Gasteiger partial charge < -0.3 is 9.84 Å². The summed E-state index contributed by atoms with van der Waals surface area (Å²) >= 11 is 1.73. The predicted molar refractivity (Wildman–Crippen MR) is 64.9 cm³/mol. The molecule has 1 N–H and O–H groups in total. The molecule has 3 nitrogen and oxygen atoms in total. The Morgan fingerprint density at radius 1 is 1.69 bits per heavy atom. The Morgan fingerprint density at radius 2 is 2.56 bits per heavy atom. The second-order valence-electron chi connectivity index (χ2n) is 4.53. The van der Waals surface area contributed by atoms with Crippen LogP contribution in [0.25, 0.3) is 0 Å². The Morgan fingerprint density at radius 3 is 3.25 bits per heavy atom. The lowest BCUT2D eigenvalue weighted by Crippen LogP contribution is -2.19. The zero-order valence-corrected chi connectivity index (χ0v) is 10.5. The average Bonchev–Trinajstić information content (AvgIpc) is 2.78. The Kier molecular flexibility index (Phi) is 4.32. The molecular formula is C12H19NO2S. The van der Waals surface area contributed by atoms with Gasteiger partial charge in [-0.1, -0.05) is 6.92 Å². The molecule has 2 rings (SSSR count). The number of aliphatic hydroxyl groups is 1. The number of nitrogens with zero attached hydrogens (tertiary/aromatic N) is 1. The molecule has 2 atom stereocenters. The van der Waals surface area contributed by atoms with Crippen LogP contribution in [0, 0.1) is 5.92 Å². The summed E-state index contributed by atoms with van der Waals surface area (Å²) in [6.45, 7) is 4.03.